The molecule has 0 aliphatic rings. The maximum atomic E-state index is 12.4. The molecule has 6 heteroatoms. The van der Waals surface area contributed by atoms with Gasteiger partial charge in [-0.1, -0.05) is 26.0 Å². The number of rotatable bonds is 5. The first-order valence-corrected chi connectivity index (χ1v) is 5.85. The number of aliphatic carboxylic acids is 1. The fraction of sp³-hybridized carbons (Fsp3) is 0.462. The zero-order chi connectivity index (χ0) is 14.6. The number of alkyl halides is 3. The monoisotopic (exact) mass is 275 g/mol. The molecule has 19 heavy (non-hydrogen) atoms. The van der Waals surface area contributed by atoms with Gasteiger partial charge < -0.3 is 10.4 Å². The van der Waals surface area contributed by atoms with Crippen LogP contribution in [0.2, 0.25) is 0 Å². The Labute approximate surface area is 109 Å². The van der Waals surface area contributed by atoms with Gasteiger partial charge in [-0.05, 0) is 23.6 Å². The van der Waals surface area contributed by atoms with Crippen LogP contribution in [0.1, 0.15) is 25.3 Å². The summed E-state index contributed by atoms with van der Waals surface area (Å²) in [6.07, 6.45) is -4.75. The van der Waals surface area contributed by atoms with E-state index in [0.717, 1.165) is 5.56 Å². The molecule has 1 aromatic carbocycles. The van der Waals surface area contributed by atoms with Crippen molar-refractivity contribution in [1.29, 1.82) is 0 Å². The van der Waals surface area contributed by atoms with Crippen molar-refractivity contribution in [2.45, 2.75) is 25.9 Å². The van der Waals surface area contributed by atoms with Gasteiger partial charge in [-0.25, -0.2) is 0 Å². The molecule has 0 radical (unpaired) electrons. The van der Waals surface area contributed by atoms with Crippen LogP contribution in [0.4, 0.5) is 18.9 Å². The standard InChI is InChI=1S/C13H16F3NO2/c1-8(2)9-3-5-10(6-4-9)17-7-11(12(18)19)13(14,15)16/h3-6,8,11,17H,7H2,1-2H3,(H,18,19). The van der Waals surface area contributed by atoms with E-state index in [-0.39, 0.29) is 0 Å². The minimum atomic E-state index is -4.75. The molecule has 1 rings (SSSR count). The summed E-state index contributed by atoms with van der Waals surface area (Å²) in [6, 6.07) is 6.89. The quantitative estimate of drug-likeness (QED) is 0.864. The van der Waals surface area contributed by atoms with E-state index in [1.165, 1.54) is 0 Å². The number of nitrogens with one attached hydrogen (secondary N) is 1. The largest absolute Gasteiger partial charge is 0.481 e. The molecule has 0 aliphatic heterocycles. The Morgan fingerprint density at radius 3 is 2.16 bits per heavy atom. The summed E-state index contributed by atoms with van der Waals surface area (Å²) in [5.41, 5.74) is 1.54. The molecule has 2 N–H and O–H groups in total. The number of carboxylic acids is 1. The minimum Gasteiger partial charge on any atom is -0.481 e. The van der Waals surface area contributed by atoms with Gasteiger partial charge in [-0.2, -0.15) is 13.2 Å². The highest BCUT2D eigenvalue weighted by Gasteiger charge is 2.44. The van der Waals surface area contributed by atoms with E-state index in [1.807, 2.05) is 13.8 Å². The van der Waals surface area contributed by atoms with Gasteiger partial charge in [0, 0.05) is 12.2 Å². The summed E-state index contributed by atoms with van der Waals surface area (Å²) < 4.78 is 37.3. The van der Waals surface area contributed by atoms with Crippen molar-refractivity contribution in [3.8, 4) is 0 Å². The molecule has 0 saturated heterocycles. The SMILES string of the molecule is CC(C)c1ccc(NCC(C(=O)O)C(F)(F)F)cc1. The van der Waals surface area contributed by atoms with Gasteiger partial charge in [0.2, 0.25) is 0 Å². The summed E-state index contributed by atoms with van der Waals surface area (Å²) in [6.45, 7) is 3.33. The van der Waals surface area contributed by atoms with Gasteiger partial charge in [-0.3, -0.25) is 4.79 Å². The zero-order valence-electron chi connectivity index (χ0n) is 10.7. The van der Waals surface area contributed by atoms with Crippen LogP contribution < -0.4 is 5.32 Å². The molecule has 0 spiro atoms. The first-order valence-electron chi connectivity index (χ1n) is 5.85. The zero-order valence-corrected chi connectivity index (χ0v) is 10.7. The average molecular weight is 275 g/mol. The van der Waals surface area contributed by atoms with Crippen LogP contribution in [0.3, 0.4) is 0 Å². The summed E-state index contributed by atoms with van der Waals surface area (Å²) >= 11 is 0. The number of hydrogen-bond donors (Lipinski definition) is 2. The number of anilines is 1. The van der Waals surface area contributed by atoms with Crippen LogP contribution in [-0.2, 0) is 4.79 Å². The van der Waals surface area contributed by atoms with Crippen molar-refractivity contribution in [1.82, 2.24) is 0 Å². The van der Waals surface area contributed by atoms with E-state index in [9.17, 15) is 18.0 Å². The summed E-state index contributed by atoms with van der Waals surface area (Å²) in [5.74, 6) is -3.95. The van der Waals surface area contributed by atoms with E-state index in [2.05, 4.69) is 5.32 Å². The predicted octanol–water partition coefficient (Wildman–Crippen LogP) is 3.49. The molecule has 1 aromatic rings. The van der Waals surface area contributed by atoms with E-state index in [1.54, 1.807) is 24.3 Å². The lowest BCUT2D eigenvalue weighted by Crippen LogP contribution is -2.36. The maximum Gasteiger partial charge on any atom is 0.403 e. The normalized spacial score (nSPS) is 13.4. The lowest BCUT2D eigenvalue weighted by molar-refractivity contribution is -0.190. The van der Waals surface area contributed by atoms with Crippen LogP contribution in [0.5, 0.6) is 0 Å². The van der Waals surface area contributed by atoms with Gasteiger partial charge in [0.1, 0.15) is 0 Å². The van der Waals surface area contributed by atoms with E-state index < -0.39 is 24.6 Å². The fourth-order valence-corrected chi connectivity index (χ4v) is 1.55. The molecule has 0 aromatic heterocycles. The van der Waals surface area contributed by atoms with Crippen molar-refractivity contribution in [2.75, 3.05) is 11.9 Å². The van der Waals surface area contributed by atoms with Crippen LogP contribution in [0.15, 0.2) is 24.3 Å². The van der Waals surface area contributed by atoms with E-state index in [4.69, 9.17) is 5.11 Å². The third-order valence-electron chi connectivity index (χ3n) is 2.78. The molecule has 0 bridgehead atoms. The minimum absolute atomic E-state index is 0.330. The Morgan fingerprint density at radius 1 is 1.26 bits per heavy atom. The molecule has 0 aliphatic carbocycles. The van der Waals surface area contributed by atoms with Crippen LogP contribution in [0, 0.1) is 5.92 Å². The lowest BCUT2D eigenvalue weighted by atomic mass is 10.0. The number of halogens is 3. The second-order valence-corrected chi connectivity index (χ2v) is 4.59. The number of benzene rings is 1. The Balaban J connectivity index is 2.67. The highest BCUT2D eigenvalue weighted by atomic mass is 19.4. The summed E-state index contributed by atoms with van der Waals surface area (Å²) in [4.78, 5) is 10.6. The third kappa shape index (κ3) is 4.46. The van der Waals surface area contributed by atoms with Gasteiger partial charge in [0.25, 0.3) is 0 Å². The number of hydrogen-bond acceptors (Lipinski definition) is 2. The highest BCUT2D eigenvalue weighted by Crippen LogP contribution is 2.27. The van der Waals surface area contributed by atoms with Gasteiger partial charge in [0.05, 0.1) is 0 Å². The average Bonchev–Trinajstić information content (AvgIpc) is 2.27. The van der Waals surface area contributed by atoms with Crippen molar-refractivity contribution < 1.29 is 23.1 Å². The molecule has 0 fully saturated rings. The second-order valence-electron chi connectivity index (χ2n) is 4.59. The van der Waals surface area contributed by atoms with Gasteiger partial charge in [-0.15, -0.1) is 0 Å². The molecule has 3 nitrogen and oxygen atoms in total. The summed E-state index contributed by atoms with van der Waals surface area (Å²) in [7, 11) is 0. The molecular formula is C13H16F3NO2. The van der Waals surface area contributed by atoms with E-state index >= 15 is 0 Å². The molecule has 1 atom stereocenters. The van der Waals surface area contributed by atoms with Gasteiger partial charge in [0.15, 0.2) is 5.92 Å². The second kappa shape index (κ2) is 5.95. The molecule has 106 valence electrons. The van der Waals surface area contributed by atoms with Crippen LogP contribution in [-0.4, -0.2) is 23.8 Å². The van der Waals surface area contributed by atoms with Crippen molar-refractivity contribution in [3.63, 3.8) is 0 Å². The molecule has 1 unspecified atom stereocenters. The molecule has 0 amide bonds. The summed E-state index contributed by atoms with van der Waals surface area (Å²) in [5, 5.41) is 11.0. The van der Waals surface area contributed by atoms with Crippen LogP contribution >= 0.6 is 0 Å². The van der Waals surface area contributed by atoms with E-state index in [0.29, 0.717) is 11.6 Å². The molecule has 0 heterocycles. The Morgan fingerprint density at radius 2 is 1.79 bits per heavy atom. The topological polar surface area (TPSA) is 49.3 Å². The smallest absolute Gasteiger partial charge is 0.403 e. The Hall–Kier alpha value is -1.72. The Kier molecular flexibility index (Phi) is 4.80. The van der Waals surface area contributed by atoms with Gasteiger partial charge >= 0.3 is 12.1 Å². The van der Waals surface area contributed by atoms with Crippen molar-refractivity contribution >= 4 is 11.7 Å². The molecular weight excluding hydrogens is 259 g/mol. The van der Waals surface area contributed by atoms with Crippen molar-refractivity contribution in [2.24, 2.45) is 5.92 Å². The first-order chi connectivity index (χ1) is 8.71. The first kappa shape index (κ1) is 15.3. The number of carboxylic acid groups (broad SMARTS) is 1. The van der Waals surface area contributed by atoms with Crippen molar-refractivity contribution in [3.05, 3.63) is 29.8 Å². The fourth-order valence-electron chi connectivity index (χ4n) is 1.55. The predicted molar refractivity (Wildman–Crippen MR) is 66.2 cm³/mol. The van der Waals surface area contributed by atoms with Crippen LogP contribution in [0.25, 0.3) is 0 Å². The number of carbonyl (C=O) groups is 1. The lowest BCUT2D eigenvalue weighted by Gasteiger charge is -2.17. The maximum absolute atomic E-state index is 12.4. The molecule has 0 saturated carbocycles. The third-order valence-corrected chi connectivity index (χ3v) is 2.78. The Bertz CT molecular complexity index is 427. The highest BCUT2D eigenvalue weighted by molar-refractivity contribution is 5.71.